The van der Waals surface area contributed by atoms with Gasteiger partial charge in [0.1, 0.15) is 11.5 Å². The smallest absolute Gasteiger partial charge is 0.292 e. The minimum absolute atomic E-state index is 0.155. The summed E-state index contributed by atoms with van der Waals surface area (Å²) in [6.07, 6.45) is 5.31. The Kier molecular flexibility index (Phi) is 3.71. The summed E-state index contributed by atoms with van der Waals surface area (Å²) >= 11 is 0. The third kappa shape index (κ3) is 2.73. The Morgan fingerprint density at radius 2 is 2.04 bits per heavy atom. The van der Waals surface area contributed by atoms with E-state index in [1.165, 1.54) is 17.2 Å². The molecule has 0 spiro atoms. The molecule has 0 aromatic carbocycles. The van der Waals surface area contributed by atoms with Gasteiger partial charge in [0.05, 0.1) is 18.2 Å². The minimum atomic E-state index is -0.444. The molecule has 5 rings (SSSR count). The van der Waals surface area contributed by atoms with E-state index in [1.54, 1.807) is 30.3 Å². The normalized spacial score (nSPS) is 12.9. The molecular formula is C19H15N5O4. The van der Waals surface area contributed by atoms with E-state index in [2.05, 4.69) is 20.4 Å². The van der Waals surface area contributed by atoms with Crippen LogP contribution in [-0.4, -0.2) is 25.7 Å². The van der Waals surface area contributed by atoms with Gasteiger partial charge >= 0.3 is 0 Å². The molecule has 28 heavy (non-hydrogen) atoms. The van der Waals surface area contributed by atoms with Crippen molar-refractivity contribution in [3.05, 3.63) is 70.2 Å². The van der Waals surface area contributed by atoms with Gasteiger partial charge in [0, 0.05) is 11.6 Å². The largest absolute Gasteiger partial charge is 0.463 e. The van der Waals surface area contributed by atoms with Gasteiger partial charge in [-0.1, -0.05) is 0 Å². The van der Waals surface area contributed by atoms with E-state index in [9.17, 15) is 9.59 Å². The van der Waals surface area contributed by atoms with Crippen molar-refractivity contribution >= 4 is 11.7 Å². The lowest BCUT2D eigenvalue weighted by Gasteiger charge is -2.08. The Balaban J connectivity index is 1.61. The highest BCUT2D eigenvalue weighted by Gasteiger charge is 2.22. The number of anilines is 1. The Bertz CT molecular complexity index is 1200. The highest BCUT2D eigenvalue weighted by Crippen LogP contribution is 2.25. The SMILES string of the molecule is O=C(Nc1cc(-c2ccco2)nn1-c1nc2c(c(=O)[nH]1)CCC2)c1ccco1. The zero-order valence-corrected chi connectivity index (χ0v) is 14.6. The van der Waals surface area contributed by atoms with E-state index in [1.807, 2.05) is 0 Å². The summed E-state index contributed by atoms with van der Waals surface area (Å²) < 4.78 is 11.9. The standard InChI is InChI=1S/C19H15N5O4/c25-17-11-4-1-5-12(11)20-19(22-17)24-16(21-18(26)15-7-3-9-28-15)10-13(23-24)14-6-2-8-27-14/h2-3,6-10H,1,4-5H2,(H,21,26)(H,20,22,25). The monoisotopic (exact) mass is 377 g/mol. The lowest BCUT2D eigenvalue weighted by atomic mass is 10.3. The minimum Gasteiger partial charge on any atom is -0.463 e. The fraction of sp³-hybridized carbons (Fsp3) is 0.158. The van der Waals surface area contributed by atoms with Gasteiger partial charge in [-0.25, -0.2) is 4.98 Å². The molecule has 1 amide bonds. The van der Waals surface area contributed by atoms with E-state index in [0.29, 0.717) is 22.8 Å². The number of aromatic amines is 1. The first-order valence-corrected chi connectivity index (χ1v) is 8.80. The number of nitrogens with zero attached hydrogens (tertiary/aromatic N) is 3. The van der Waals surface area contributed by atoms with Gasteiger partial charge in [-0.2, -0.15) is 9.78 Å². The number of rotatable bonds is 4. The van der Waals surface area contributed by atoms with Gasteiger partial charge in [0.25, 0.3) is 11.5 Å². The predicted molar refractivity (Wildman–Crippen MR) is 98.4 cm³/mol. The number of H-pyrrole nitrogens is 1. The topological polar surface area (TPSA) is 119 Å². The summed E-state index contributed by atoms with van der Waals surface area (Å²) in [6.45, 7) is 0. The molecule has 0 saturated carbocycles. The van der Waals surface area contributed by atoms with Crippen LogP contribution in [0.1, 0.15) is 28.2 Å². The second-order valence-electron chi connectivity index (χ2n) is 6.40. The van der Waals surface area contributed by atoms with Crippen molar-refractivity contribution in [2.75, 3.05) is 5.32 Å². The molecule has 4 heterocycles. The number of hydrogen-bond acceptors (Lipinski definition) is 6. The first kappa shape index (κ1) is 16.3. The van der Waals surface area contributed by atoms with Crippen molar-refractivity contribution in [1.82, 2.24) is 19.7 Å². The quantitative estimate of drug-likeness (QED) is 0.564. The van der Waals surface area contributed by atoms with Gasteiger partial charge in [0.2, 0.25) is 5.95 Å². The number of aromatic nitrogens is 4. The van der Waals surface area contributed by atoms with Crippen LogP contribution in [0.2, 0.25) is 0 Å². The number of aryl methyl sites for hydroxylation is 1. The molecule has 9 nitrogen and oxygen atoms in total. The number of fused-ring (bicyclic) bond motifs is 1. The molecule has 0 bridgehead atoms. The lowest BCUT2D eigenvalue weighted by molar-refractivity contribution is 0.0996. The summed E-state index contributed by atoms with van der Waals surface area (Å²) in [6, 6.07) is 8.32. The van der Waals surface area contributed by atoms with Crippen molar-refractivity contribution < 1.29 is 13.6 Å². The average molecular weight is 377 g/mol. The third-order valence-electron chi connectivity index (χ3n) is 4.60. The summed E-state index contributed by atoms with van der Waals surface area (Å²) in [5.41, 5.74) is 1.78. The Hall–Kier alpha value is -3.88. The predicted octanol–water partition coefficient (Wildman–Crippen LogP) is 2.55. The molecule has 0 atom stereocenters. The molecule has 0 radical (unpaired) electrons. The van der Waals surface area contributed by atoms with Gasteiger partial charge < -0.3 is 14.2 Å². The van der Waals surface area contributed by atoms with Crippen LogP contribution < -0.4 is 10.9 Å². The Labute approximate surface area is 158 Å². The third-order valence-corrected chi connectivity index (χ3v) is 4.60. The summed E-state index contributed by atoms with van der Waals surface area (Å²) in [7, 11) is 0. The number of carbonyl (C=O) groups excluding carboxylic acids is 1. The molecule has 1 aliphatic rings. The molecule has 0 fully saturated rings. The van der Waals surface area contributed by atoms with Crippen LogP contribution in [0.5, 0.6) is 0 Å². The van der Waals surface area contributed by atoms with E-state index in [-0.39, 0.29) is 17.3 Å². The van der Waals surface area contributed by atoms with Gasteiger partial charge in [-0.05, 0) is 43.5 Å². The highest BCUT2D eigenvalue weighted by atomic mass is 16.3. The molecule has 4 aromatic rings. The maximum Gasteiger partial charge on any atom is 0.292 e. The zero-order chi connectivity index (χ0) is 19.1. The molecule has 0 saturated heterocycles. The van der Waals surface area contributed by atoms with Gasteiger partial charge in [0.15, 0.2) is 11.5 Å². The molecule has 4 aromatic heterocycles. The fourth-order valence-corrected chi connectivity index (χ4v) is 3.29. The zero-order valence-electron chi connectivity index (χ0n) is 14.6. The first-order chi connectivity index (χ1) is 13.7. The van der Waals surface area contributed by atoms with E-state index in [4.69, 9.17) is 8.83 Å². The summed E-state index contributed by atoms with van der Waals surface area (Å²) in [5.74, 6) is 0.797. The maximum absolute atomic E-state index is 12.4. The number of furan rings is 2. The molecule has 1 aliphatic carbocycles. The maximum atomic E-state index is 12.4. The second-order valence-corrected chi connectivity index (χ2v) is 6.40. The molecular weight excluding hydrogens is 362 g/mol. The van der Waals surface area contributed by atoms with Crippen LogP contribution in [0.15, 0.2) is 56.5 Å². The van der Waals surface area contributed by atoms with Crippen molar-refractivity contribution in [3.8, 4) is 17.4 Å². The summed E-state index contributed by atoms with van der Waals surface area (Å²) in [4.78, 5) is 32.2. The van der Waals surface area contributed by atoms with Crippen LogP contribution in [0, 0.1) is 0 Å². The first-order valence-electron chi connectivity index (χ1n) is 8.80. The Morgan fingerprint density at radius 3 is 2.82 bits per heavy atom. The van der Waals surface area contributed by atoms with Gasteiger partial charge in [-0.15, -0.1) is 0 Å². The van der Waals surface area contributed by atoms with E-state index in [0.717, 1.165) is 25.0 Å². The second kappa shape index (κ2) is 6.38. The molecule has 0 aliphatic heterocycles. The van der Waals surface area contributed by atoms with Gasteiger partial charge in [-0.3, -0.25) is 14.6 Å². The van der Waals surface area contributed by atoms with Crippen LogP contribution in [-0.2, 0) is 12.8 Å². The number of carbonyl (C=O) groups is 1. The van der Waals surface area contributed by atoms with Crippen LogP contribution in [0.25, 0.3) is 17.4 Å². The molecule has 9 heteroatoms. The average Bonchev–Trinajstić information content (AvgIpc) is 3.47. The number of hydrogen-bond donors (Lipinski definition) is 2. The van der Waals surface area contributed by atoms with Crippen molar-refractivity contribution in [3.63, 3.8) is 0 Å². The van der Waals surface area contributed by atoms with Crippen LogP contribution in [0.4, 0.5) is 5.82 Å². The Morgan fingerprint density at radius 1 is 1.18 bits per heavy atom. The van der Waals surface area contributed by atoms with Crippen molar-refractivity contribution in [2.24, 2.45) is 0 Å². The van der Waals surface area contributed by atoms with E-state index < -0.39 is 5.91 Å². The molecule has 140 valence electrons. The lowest BCUT2D eigenvalue weighted by Crippen LogP contribution is -2.21. The van der Waals surface area contributed by atoms with Crippen LogP contribution >= 0.6 is 0 Å². The summed E-state index contributed by atoms with van der Waals surface area (Å²) in [5, 5.41) is 7.21. The van der Waals surface area contributed by atoms with Crippen molar-refractivity contribution in [1.29, 1.82) is 0 Å². The number of nitrogens with one attached hydrogen (secondary N) is 2. The molecule has 0 unspecified atom stereocenters. The molecule has 2 N–H and O–H groups in total. The number of amides is 1. The fourth-order valence-electron chi connectivity index (χ4n) is 3.29. The highest BCUT2D eigenvalue weighted by molar-refractivity contribution is 6.02. The van der Waals surface area contributed by atoms with Crippen molar-refractivity contribution in [2.45, 2.75) is 19.3 Å². The van der Waals surface area contributed by atoms with E-state index >= 15 is 0 Å². The van der Waals surface area contributed by atoms with Crippen LogP contribution in [0.3, 0.4) is 0 Å².